The summed E-state index contributed by atoms with van der Waals surface area (Å²) in [6, 6.07) is 14.2. The fraction of sp³-hybridized carbons (Fsp3) is 0.417. The Hall–Kier alpha value is -4.53. The molecule has 0 aromatic heterocycles. The monoisotopic (exact) mass is 684 g/mol. The van der Waals surface area contributed by atoms with Crippen LogP contribution in [0.5, 0.6) is 34.5 Å². The van der Waals surface area contributed by atoms with Gasteiger partial charge in [0.25, 0.3) is 0 Å². The van der Waals surface area contributed by atoms with Crippen molar-refractivity contribution in [2.24, 2.45) is 0 Å². The number of benzene rings is 3. The summed E-state index contributed by atoms with van der Waals surface area (Å²) in [6.07, 6.45) is -1.89. The zero-order valence-electron chi connectivity index (χ0n) is 27.3. The highest BCUT2D eigenvalue weighted by atomic mass is 16.7. The maximum atomic E-state index is 12.5. The van der Waals surface area contributed by atoms with E-state index in [9.17, 15) is 40.5 Å². The zero-order chi connectivity index (χ0) is 35.5. The van der Waals surface area contributed by atoms with Gasteiger partial charge in [-0.1, -0.05) is 24.6 Å². The van der Waals surface area contributed by atoms with Crippen molar-refractivity contribution in [1.29, 1.82) is 0 Å². The summed E-state index contributed by atoms with van der Waals surface area (Å²) < 4.78 is 27.8. The van der Waals surface area contributed by atoms with E-state index in [-0.39, 0.29) is 23.0 Å². The number of carbonyl (C=O) groups is 1. The first-order valence-corrected chi connectivity index (χ1v) is 15.9. The topological polar surface area (TPSA) is 205 Å². The summed E-state index contributed by atoms with van der Waals surface area (Å²) in [7, 11) is 3.01. The van der Waals surface area contributed by atoms with Crippen LogP contribution in [0, 0.1) is 0 Å². The number of rotatable bonds is 16. The number of aliphatic hydroxyl groups excluding tert-OH is 3. The van der Waals surface area contributed by atoms with E-state index >= 15 is 0 Å². The molecule has 0 amide bonds. The lowest BCUT2D eigenvalue weighted by atomic mass is 9.98. The lowest BCUT2D eigenvalue weighted by Crippen LogP contribution is -2.60. The Kier molecular flexibility index (Phi) is 13.5. The summed E-state index contributed by atoms with van der Waals surface area (Å²) >= 11 is 0. The first-order valence-electron chi connectivity index (χ1n) is 15.9. The summed E-state index contributed by atoms with van der Waals surface area (Å²) in [6.45, 7) is -0.434. The van der Waals surface area contributed by atoms with Crippen molar-refractivity contribution in [3.8, 4) is 34.5 Å². The van der Waals surface area contributed by atoms with Crippen LogP contribution < -0.4 is 9.47 Å². The Bertz CT molecular complexity index is 1560. The fourth-order valence-corrected chi connectivity index (χ4v) is 5.45. The number of aromatic hydroxyl groups is 4. The third-order valence-electron chi connectivity index (χ3n) is 8.28. The van der Waals surface area contributed by atoms with Crippen LogP contribution in [0.25, 0.3) is 6.08 Å². The van der Waals surface area contributed by atoms with Gasteiger partial charge in [0.2, 0.25) is 0 Å². The molecule has 1 aliphatic rings. The number of phenolic OH excluding ortho intramolecular Hbond substituents is 4. The van der Waals surface area contributed by atoms with Gasteiger partial charge < -0.3 is 59.4 Å². The summed E-state index contributed by atoms with van der Waals surface area (Å²) in [5.74, 6) is -0.630. The number of hydrogen-bond donors (Lipinski definition) is 7. The Balaban J connectivity index is 1.37. The molecule has 13 nitrogen and oxygen atoms in total. The number of carbonyl (C=O) groups excluding carboxylic acids is 1. The van der Waals surface area contributed by atoms with Crippen LogP contribution in [-0.4, -0.2) is 99.4 Å². The van der Waals surface area contributed by atoms with Gasteiger partial charge in [0.1, 0.15) is 31.0 Å². The average molecular weight is 685 g/mol. The lowest BCUT2D eigenvalue weighted by molar-refractivity contribution is -0.312. The molecule has 0 unspecified atom stereocenters. The Labute approximate surface area is 284 Å². The van der Waals surface area contributed by atoms with Crippen molar-refractivity contribution < 1.29 is 64.2 Å². The van der Waals surface area contributed by atoms with Crippen LogP contribution in [0.1, 0.15) is 42.4 Å². The molecular weight excluding hydrogens is 640 g/mol. The molecule has 0 bridgehead atoms. The molecule has 3 aromatic rings. The molecule has 1 heterocycles. The summed E-state index contributed by atoms with van der Waals surface area (Å²) in [4.78, 5) is 12.5. The summed E-state index contributed by atoms with van der Waals surface area (Å²) in [5, 5.41) is 70.9. The first-order chi connectivity index (χ1) is 23.5. The van der Waals surface area contributed by atoms with E-state index in [1.54, 1.807) is 30.3 Å². The minimum Gasteiger partial charge on any atom is -0.504 e. The third kappa shape index (κ3) is 10.5. The molecule has 0 aliphatic carbocycles. The Morgan fingerprint density at radius 2 is 1.41 bits per heavy atom. The van der Waals surface area contributed by atoms with E-state index in [2.05, 4.69) is 0 Å². The number of aliphatic hydroxyl groups is 3. The molecule has 13 heteroatoms. The van der Waals surface area contributed by atoms with E-state index < -0.39 is 49.4 Å². The van der Waals surface area contributed by atoms with Crippen LogP contribution in [0.15, 0.2) is 60.7 Å². The SMILES string of the molecule is COc1ccc(C=CC(=O)OC[C@H]2O[C@@H](O[C@H](CCCCc3ccc(O)c(O)c3)CCc3ccc(O)c(O)c3)[C@H](O)[C@@H](O)[C@@H]2O)cc1OC. The zero-order valence-corrected chi connectivity index (χ0v) is 27.3. The molecule has 266 valence electrons. The van der Waals surface area contributed by atoms with Gasteiger partial charge in [-0.15, -0.1) is 0 Å². The molecule has 0 saturated carbocycles. The Morgan fingerprint density at radius 3 is 2.04 bits per heavy atom. The molecule has 0 radical (unpaired) electrons. The van der Waals surface area contributed by atoms with Gasteiger partial charge in [0.15, 0.2) is 40.8 Å². The quantitative estimate of drug-likeness (QED) is 0.0501. The van der Waals surface area contributed by atoms with E-state index in [1.165, 1.54) is 50.6 Å². The van der Waals surface area contributed by atoms with Crippen molar-refractivity contribution >= 4 is 12.0 Å². The molecule has 0 spiro atoms. The van der Waals surface area contributed by atoms with Gasteiger partial charge in [-0.05, 0) is 91.3 Å². The van der Waals surface area contributed by atoms with Crippen LogP contribution in [0.2, 0.25) is 0 Å². The highest BCUT2D eigenvalue weighted by molar-refractivity contribution is 5.87. The van der Waals surface area contributed by atoms with Crippen LogP contribution in [0.4, 0.5) is 0 Å². The second kappa shape index (κ2) is 17.7. The van der Waals surface area contributed by atoms with Gasteiger partial charge in [-0.25, -0.2) is 4.79 Å². The van der Waals surface area contributed by atoms with E-state index in [0.29, 0.717) is 55.6 Å². The second-order valence-corrected chi connectivity index (χ2v) is 11.8. The van der Waals surface area contributed by atoms with Crippen molar-refractivity contribution in [2.75, 3.05) is 20.8 Å². The minimum absolute atomic E-state index is 0.199. The second-order valence-electron chi connectivity index (χ2n) is 11.8. The number of hydrogen-bond acceptors (Lipinski definition) is 13. The van der Waals surface area contributed by atoms with Crippen LogP contribution >= 0.6 is 0 Å². The highest BCUT2D eigenvalue weighted by Gasteiger charge is 2.45. The molecule has 1 fully saturated rings. The molecule has 1 aliphatic heterocycles. The predicted octanol–water partition coefficient (Wildman–Crippen LogP) is 3.32. The number of esters is 1. The fourth-order valence-electron chi connectivity index (χ4n) is 5.45. The molecule has 1 saturated heterocycles. The van der Waals surface area contributed by atoms with Crippen LogP contribution in [0.3, 0.4) is 0 Å². The molecule has 4 rings (SSSR count). The number of ether oxygens (including phenoxy) is 5. The number of methoxy groups -OCH3 is 2. The van der Waals surface area contributed by atoms with Crippen molar-refractivity contribution in [1.82, 2.24) is 0 Å². The van der Waals surface area contributed by atoms with E-state index in [4.69, 9.17) is 23.7 Å². The number of unbranched alkanes of at least 4 members (excludes halogenated alkanes) is 1. The van der Waals surface area contributed by atoms with E-state index in [0.717, 1.165) is 11.1 Å². The van der Waals surface area contributed by atoms with Crippen molar-refractivity contribution in [3.05, 3.63) is 77.4 Å². The standard InChI is InChI=1S/C36H44O13/c1-45-29-15-10-23(19-30(29)46-2)11-16-32(41)47-20-31-33(42)34(43)35(44)36(49-31)48-24(12-7-22-9-14-26(38)28(40)18-22)6-4-3-5-21-8-13-25(37)27(39)17-21/h8-11,13-19,24,31,33-40,42-44H,3-7,12,20H2,1-2H3/t24-,31-,33-,34+,35-,36-/m1/s1. The normalized spacial score (nSPS) is 21.4. The smallest absolute Gasteiger partial charge is 0.330 e. The van der Waals surface area contributed by atoms with Crippen molar-refractivity contribution in [3.63, 3.8) is 0 Å². The van der Waals surface area contributed by atoms with Crippen LogP contribution in [-0.2, 0) is 31.8 Å². The molecule has 6 atom stereocenters. The summed E-state index contributed by atoms with van der Waals surface area (Å²) in [5.41, 5.74) is 2.21. The molecular formula is C36H44O13. The van der Waals surface area contributed by atoms with E-state index in [1.807, 2.05) is 0 Å². The van der Waals surface area contributed by atoms with Gasteiger partial charge in [0.05, 0.1) is 20.3 Å². The first kappa shape index (κ1) is 37.3. The Morgan fingerprint density at radius 1 is 0.755 bits per heavy atom. The molecule has 7 N–H and O–H groups in total. The predicted molar refractivity (Wildman–Crippen MR) is 177 cm³/mol. The molecule has 49 heavy (non-hydrogen) atoms. The number of phenols is 4. The molecule has 3 aromatic carbocycles. The van der Waals surface area contributed by atoms with Crippen molar-refractivity contribution in [2.45, 2.75) is 75.3 Å². The third-order valence-corrected chi connectivity index (χ3v) is 8.28. The van der Waals surface area contributed by atoms with Gasteiger partial charge in [0, 0.05) is 6.08 Å². The maximum absolute atomic E-state index is 12.5. The highest BCUT2D eigenvalue weighted by Crippen LogP contribution is 2.30. The van der Waals surface area contributed by atoms with Gasteiger partial charge in [-0.2, -0.15) is 0 Å². The van der Waals surface area contributed by atoms with Gasteiger partial charge >= 0.3 is 5.97 Å². The van der Waals surface area contributed by atoms with Gasteiger partial charge in [-0.3, -0.25) is 0 Å². The largest absolute Gasteiger partial charge is 0.504 e. The minimum atomic E-state index is -1.65. The number of aryl methyl sites for hydroxylation is 2. The average Bonchev–Trinajstić information content (AvgIpc) is 3.10. The lowest BCUT2D eigenvalue weighted by Gasteiger charge is -2.41. The maximum Gasteiger partial charge on any atom is 0.330 e.